The van der Waals surface area contributed by atoms with E-state index in [1.165, 1.54) is 10.3 Å². The summed E-state index contributed by atoms with van der Waals surface area (Å²) in [7, 11) is 0. The van der Waals surface area contributed by atoms with Crippen LogP contribution in [0, 0.1) is 6.92 Å². The molecule has 0 aliphatic carbocycles. The number of hydrogen-bond donors (Lipinski definition) is 1. The number of para-hydroxylation sites is 1. The van der Waals surface area contributed by atoms with E-state index in [9.17, 15) is 4.79 Å². The van der Waals surface area contributed by atoms with Gasteiger partial charge in [-0.25, -0.2) is 4.98 Å². The topological polar surface area (TPSA) is 42.0 Å². The molecule has 0 atom stereocenters. The Balaban J connectivity index is 1.36. The number of carbonyl (C=O) groups excluding carboxylic acids is 1. The van der Waals surface area contributed by atoms with Gasteiger partial charge in [-0.05, 0) is 31.0 Å². The fraction of sp³-hybridized carbons (Fsp3) is 0.263. The average molecular weight is 357 g/mol. The molecular weight excluding hydrogens is 336 g/mol. The normalized spacial score (nSPS) is 10.9. The summed E-state index contributed by atoms with van der Waals surface area (Å²) in [5, 5.41) is 2.98. The second-order valence-electron chi connectivity index (χ2n) is 5.66. The number of amides is 1. The molecule has 0 aliphatic heterocycles. The Morgan fingerprint density at radius 3 is 2.75 bits per heavy atom. The van der Waals surface area contributed by atoms with Crippen molar-refractivity contribution in [2.24, 2.45) is 0 Å². The van der Waals surface area contributed by atoms with Crippen LogP contribution in [-0.4, -0.2) is 16.6 Å². The first kappa shape index (κ1) is 17.0. The predicted molar refractivity (Wildman–Crippen MR) is 103 cm³/mol. The van der Waals surface area contributed by atoms with Gasteiger partial charge in [0, 0.05) is 18.7 Å². The molecule has 1 amide bonds. The van der Waals surface area contributed by atoms with Crippen molar-refractivity contribution >= 4 is 39.2 Å². The molecule has 1 N–H and O–H groups in total. The molecule has 0 saturated carbocycles. The Kier molecular flexibility index (Phi) is 5.88. The molecule has 0 radical (unpaired) electrons. The summed E-state index contributed by atoms with van der Waals surface area (Å²) in [5.41, 5.74) is 3.43. The van der Waals surface area contributed by atoms with Crippen molar-refractivity contribution in [2.75, 3.05) is 5.75 Å². The zero-order valence-electron chi connectivity index (χ0n) is 13.6. The van der Waals surface area contributed by atoms with E-state index in [0.29, 0.717) is 13.0 Å². The van der Waals surface area contributed by atoms with Gasteiger partial charge in [-0.1, -0.05) is 53.7 Å². The summed E-state index contributed by atoms with van der Waals surface area (Å²) in [4.78, 5) is 16.5. The highest BCUT2D eigenvalue weighted by Gasteiger charge is 2.05. The van der Waals surface area contributed by atoms with Crippen LogP contribution in [0.15, 0.2) is 52.9 Å². The first-order valence-corrected chi connectivity index (χ1v) is 9.81. The number of hydrogen-bond acceptors (Lipinski definition) is 4. The molecule has 2 aromatic carbocycles. The van der Waals surface area contributed by atoms with Gasteiger partial charge in [-0.2, -0.15) is 0 Å². The number of carbonyl (C=O) groups is 1. The summed E-state index contributed by atoms with van der Waals surface area (Å²) in [5.74, 6) is 1.03. The number of thioether (sulfide) groups is 1. The van der Waals surface area contributed by atoms with E-state index in [0.717, 1.165) is 27.6 Å². The largest absolute Gasteiger partial charge is 0.352 e. The Labute approximate surface area is 150 Å². The molecule has 5 heteroatoms. The molecule has 3 nitrogen and oxygen atoms in total. The minimum absolute atomic E-state index is 0.112. The highest BCUT2D eigenvalue weighted by molar-refractivity contribution is 8.01. The Morgan fingerprint density at radius 2 is 1.96 bits per heavy atom. The lowest BCUT2D eigenvalue weighted by molar-refractivity contribution is -0.121. The highest BCUT2D eigenvalue weighted by Crippen LogP contribution is 2.29. The van der Waals surface area contributed by atoms with Crippen molar-refractivity contribution < 1.29 is 4.79 Å². The summed E-state index contributed by atoms with van der Waals surface area (Å²) in [6, 6.07) is 16.4. The van der Waals surface area contributed by atoms with Crippen molar-refractivity contribution in [3.05, 3.63) is 59.7 Å². The minimum Gasteiger partial charge on any atom is -0.352 e. The molecule has 3 rings (SSSR count). The standard InChI is InChI=1S/C19H20N2OS2/c1-14-8-10-15(11-9-14)13-20-18(22)7-4-12-23-19-21-16-5-2-3-6-17(16)24-19/h2-3,5-6,8-11H,4,7,12-13H2,1H3,(H,20,22). The SMILES string of the molecule is Cc1ccc(CNC(=O)CCCSc2nc3ccccc3s2)cc1. The maximum atomic E-state index is 11.9. The predicted octanol–water partition coefficient (Wildman–Crippen LogP) is 4.79. The third-order valence-corrected chi connectivity index (χ3v) is 5.92. The van der Waals surface area contributed by atoms with Crippen LogP contribution in [0.2, 0.25) is 0 Å². The third-order valence-electron chi connectivity index (χ3n) is 3.66. The number of nitrogens with one attached hydrogen (secondary N) is 1. The molecule has 0 bridgehead atoms. The monoisotopic (exact) mass is 356 g/mol. The Bertz CT molecular complexity index is 779. The van der Waals surface area contributed by atoms with Gasteiger partial charge in [0.05, 0.1) is 10.2 Å². The lowest BCUT2D eigenvalue weighted by Crippen LogP contribution is -2.22. The van der Waals surface area contributed by atoms with Crippen molar-refractivity contribution in [1.29, 1.82) is 0 Å². The molecule has 1 aromatic heterocycles. The summed E-state index contributed by atoms with van der Waals surface area (Å²) >= 11 is 3.45. The second kappa shape index (κ2) is 8.31. The van der Waals surface area contributed by atoms with Gasteiger partial charge in [0.25, 0.3) is 0 Å². The first-order valence-electron chi connectivity index (χ1n) is 8.01. The number of fused-ring (bicyclic) bond motifs is 1. The lowest BCUT2D eigenvalue weighted by Gasteiger charge is -2.05. The van der Waals surface area contributed by atoms with Gasteiger partial charge in [0.1, 0.15) is 0 Å². The van der Waals surface area contributed by atoms with Crippen molar-refractivity contribution in [1.82, 2.24) is 10.3 Å². The van der Waals surface area contributed by atoms with E-state index in [2.05, 4.69) is 47.6 Å². The number of benzene rings is 2. The van der Waals surface area contributed by atoms with Crippen LogP contribution in [-0.2, 0) is 11.3 Å². The van der Waals surface area contributed by atoms with Crippen LogP contribution in [0.5, 0.6) is 0 Å². The quantitative estimate of drug-likeness (QED) is 0.489. The van der Waals surface area contributed by atoms with Crippen LogP contribution < -0.4 is 5.32 Å². The smallest absolute Gasteiger partial charge is 0.220 e. The van der Waals surface area contributed by atoms with Gasteiger partial charge in [-0.15, -0.1) is 11.3 Å². The molecular formula is C19H20N2OS2. The summed E-state index contributed by atoms with van der Waals surface area (Å²) < 4.78 is 2.30. The number of nitrogens with zero attached hydrogens (tertiary/aromatic N) is 1. The molecule has 0 aliphatic rings. The van der Waals surface area contributed by atoms with Gasteiger partial charge in [-0.3, -0.25) is 4.79 Å². The Morgan fingerprint density at radius 1 is 1.17 bits per heavy atom. The second-order valence-corrected chi connectivity index (χ2v) is 8.03. The zero-order valence-corrected chi connectivity index (χ0v) is 15.3. The van der Waals surface area contributed by atoms with Gasteiger partial charge < -0.3 is 5.32 Å². The van der Waals surface area contributed by atoms with Crippen molar-refractivity contribution in [3.8, 4) is 0 Å². The van der Waals surface area contributed by atoms with E-state index >= 15 is 0 Å². The van der Waals surface area contributed by atoms with Crippen LogP contribution in [0.3, 0.4) is 0 Å². The van der Waals surface area contributed by atoms with E-state index in [4.69, 9.17) is 0 Å². The Hall–Kier alpha value is -1.85. The third kappa shape index (κ3) is 4.82. The van der Waals surface area contributed by atoms with Gasteiger partial charge in [0.15, 0.2) is 4.34 Å². The van der Waals surface area contributed by atoms with Crippen LogP contribution in [0.25, 0.3) is 10.2 Å². The molecule has 0 unspecified atom stereocenters. The number of rotatable bonds is 7. The van der Waals surface area contributed by atoms with Gasteiger partial charge in [0.2, 0.25) is 5.91 Å². The maximum Gasteiger partial charge on any atom is 0.220 e. The number of aryl methyl sites for hydroxylation is 1. The molecule has 124 valence electrons. The van der Waals surface area contributed by atoms with Crippen LogP contribution in [0.1, 0.15) is 24.0 Å². The van der Waals surface area contributed by atoms with Crippen molar-refractivity contribution in [2.45, 2.75) is 30.6 Å². The summed E-state index contributed by atoms with van der Waals surface area (Å²) in [6.07, 6.45) is 1.42. The number of aromatic nitrogens is 1. The lowest BCUT2D eigenvalue weighted by atomic mass is 10.1. The van der Waals surface area contributed by atoms with Crippen LogP contribution in [0.4, 0.5) is 0 Å². The molecule has 24 heavy (non-hydrogen) atoms. The molecule has 0 fully saturated rings. The minimum atomic E-state index is 0.112. The molecule has 1 heterocycles. The molecule has 0 spiro atoms. The fourth-order valence-corrected chi connectivity index (χ4v) is 4.38. The van der Waals surface area contributed by atoms with Gasteiger partial charge >= 0.3 is 0 Å². The first-order chi connectivity index (χ1) is 11.7. The van der Waals surface area contributed by atoms with Crippen molar-refractivity contribution in [3.63, 3.8) is 0 Å². The fourth-order valence-electron chi connectivity index (χ4n) is 2.30. The average Bonchev–Trinajstić information content (AvgIpc) is 3.01. The van der Waals surface area contributed by atoms with E-state index < -0.39 is 0 Å². The molecule has 0 saturated heterocycles. The van der Waals surface area contributed by atoms with E-state index in [1.54, 1.807) is 23.1 Å². The summed E-state index contributed by atoms with van der Waals surface area (Å²) in [6.45, 7) is 2.66. The zero-order chi connectivity index (χ0) is 16.8. The van der Waals surface area contributed by atoms with Crippen LogP contribution >= 0.6 is 23.1 Å². The highest BCUT2D eigenvalue weighted by atomic mass is 32.2. The van der Waals surface area contributed by atoms with E-state index in [1.807, 2.05) is 18.2 Å². The maximum absolute atomic E-state index is 11.9. The van der Waals surface area contributed by atoms with E-state index in [-0.39, 0.29) is 5.91 Å². The number of thiazole rings is 1. The molecule has 3 aromatic rings.